The van der Waals surface area contributed by atoms with Gasteiger partial charge in [0, 0.05) is 27.1 Å². The Hall–Kier alpha value is -1.04. The van der Waals surface area contributed by atoms with Crippen LogP contribution in [0.2, 0.25) is 0 Å². The first-order valence-corrected chi connectivity index (χ1v) is 6.69. The number of carbonyl (C=O) groups is 1. The third-order valence-corrected chi connectivity index (χ3v) is 3.30. The molecule has 0 bridgehead atoms. The second-order valence-electron chi connectivity index (χ2n) is 3.81. The summed E-state index contributed by atoms with van der Waals surface area (Å²) in [5.41, 5.74) is 2.29. The lowest BCUT2D eigenvalue weighted by atomic mass is 10.1. The van der Waals surface area contributed by atoms with Gasteiger partial charge in [-0.3, -0.25) is 4.79 Å². The molecule has 0 saturated heterocycles. The molecule has 1 N–H and O–H groups in total. The first-order valence-electron chi connectivity index (χ1n) is 5.62. The van der Waals surface area contributed by atoms with Crippen molar-refractivity contribution in [2.45, 2.75) is 19.8 Å². The standard InChI is InChI=1S/C13H14INO2/c1-2-17-13(16)6-3-9-8-15-12-5-4-10(14)7-11(9)12/h4-5,7-8,15H,2-3,6H2,1H3. The van der Waals surface area contributed by atoms with Gasteiger partial charge in [-0.05, 0) is 59.7 Å². The van der Waals surface area contributed by atoms with Gasteiger partial charge in [0.1, 0.15) is 0 Å². The van der Waals surface area contributed by atoms with E-state index in [2.05, 4.69) is 45.8 Å². The molecule has 3 nitrogen and oxygen atoms in total. The Morgan fingerprint density at radius 1 is 1.47 bits per heavy atom. The van der Waals surface area contributed by atoms with Gasteiger partial charge in [0.2, 0.25) is 0 Å². The van der Waals surface area contributed by atoms with Crippen LogP contribution in [0.5, 0.6) is 0 Å². The molecule has 0 saturated carbocycles. The number of halogens is 1. The summed E-state index contributed by atoms with van der Waals surface area (Å²) in [5.74, 6) is -0.132. The molecular formula is C13H14INO2. The maximum absolute atomic E-state index is 11.3. The fourth-order valence-corrected chi connectivity index (χ4v) is 2.32. The molecule has 0 fully saturated rings. The average molecular weight is 343 g/mol. The van der Waals surface area contributed by atoms with E-state index >= 15 is 0 Å². The van der Waals surface area contributed by atoms with Gasteiger partial charge in [-0.2, -0.15) is 0 Å². The Balaban J connectivity index is 2.13. The number of esters is 1. The van der Waals surface area contributed by atoms with Gasteiger partial charge in [0.05, 0.1) is 6.61 Å². The van der Waals surface area contributed by atoms with Crippen LogP contribution in [0.4, 0.5) is 0 Å². The number of hydrogen-bond acceptors (Lipinski definition) is 2. The number of fused-ring (bicyclic) bond motifs is 1. The van der Waals surface area contributed by atoms with Gasteiger partial charge in [-0.15, -0.1) is 0 Å². The summed E-state index contributed by atoms with van der Waals surface area (Å²) in [6.45, 7) is 2.27. The molecular weight excluding hydrogens is 329 g/mol. The van der Waals surface area contributed by atoms with Crippen LogP contribution in [0, 0.1) is 3.57 Å². The largest absolute Gasteiger partial charge is 0.466 e. The van der Waals surface area contributed by atoms with Crippen molar-refractivity contribution in [3.8, 4) is 0 Å². The lowest BCUT2D eigenvalue weighted by Gasteiger charge is -2.01. The highest BCUT2D eigenvalue weighted by atomic mass is 127. The predicted molar refractivity (Wildman–Crippen MR) is 76.0 cm³/mol. The van der Waals surface area contributed by atoms with Crippen molar-refractivity contribution < 1.29 is 9.53 Å². The third-order valence-electron chi connectivity index (χ3n) is 2.63. The summed E-state index contributed by atoms with van der Waals surface area (Å²) in [6.07, 6.45) is 3.13. The predicted octanol–water partition coefficient (Wildman–Crippen LogP) is 3.27. The molecule has 2 aromatic rings. The number of ether oxygens (including phenoxy) is 1. The van der Waals surface area contributed by atoms with E-state index in [0.717, 1.165) is 11.9 Å². The second kappa shape index (κ2) is 5.53. The quantitative estimate of drug-likeness (QED) is 0.684. The molecule has 0 spiro atoms. The number of rotatable bonds is 4. The molecule has 0 aliphatic heterocycles. The lowest BCUT2D eigenvalue weighted by molar-refractivity contribution is -0.143. The fraction of sp³-hybridized carbons (Fsp3) is 0.308. The van der Waals surface area contributed by atoms with Crippen molar-refractivity contribution >= 4 is 39.5 Å². The van der Waals surface area contributed by atoms with Crippen molar-refractivity contribution in [2.24, 2.45) is 0 Å². The van der Waals surface area contributed by atoms with Crippen molar-refractivity contribution in [2.75, 3.05) is 6.61 Å². The number of aryl methyl sites for hydroxylation is 1. The number of H-pyrrole nitrogens is 1. The zero-order valence-electron chi connectivity index (χ0n) is 9.63. The molecule has 1 aromatic heterocycles. The first kappa shape index (κ1) is 12.4. The molecule has 0 amide bonds. The molecule has 90 valence electrons. The van der Waals surface area contributed by atoms with Gasteiger partial charge in [-0.25, -0.2) is 0 Å². The monoisotopic (exact) mass is 343 g/mol. The van der Waals surface area contributed by atoms with Gasteiger partial charge < -0.3 is 9.72 Å². The summed E-state index contributed by atoms with van der Waals surface area (Å²) >= 11 is 2.29. The van der Waals surface area contributed by atoms with E-state index in [1.807, 2.05) is 13.1 Å². The Morgan fingerprint density at radius 3 is 3.06 bits per heavy atom. The summed E-state index contributed by atoms with van der Waals surface area (Å²) in [4.78, 5) is 14.5. The Kier molecular flexibility index (Phi) is 4.04. The zero-order chi connectivity index (χ0) is 12.3. The van der Waals surface area contributed by atoms with E-state index in [-0.39, 0.29) is 5.97 Å². The van der Waals surface area contributed by atoms with Gasteiger partial charge in [0.25, 0.3) is 0 Å². The van der Waals surface area contributed by atoms with E-state index in [0.29, 0.717) is 13.0 Å². The second-order valence-corrected chi connectivity index (χ2v) is 5.05. The molecule has 0 radical (unpaired) electrons. The molecule has 1 aromatic carbocycles. The molecule has 0 atom stereocenters. The number of nitrogens with one attached hydrogen (secondary N) is 1. The summed E-state index contributed by atoms with van der Waals surface area (Å²) in [6, 6.07) is 6.26. The summed E-state index contributed by atoms with van der Waals surface area (Å²) < 4.78 is 6.13. The number of hydrogen-bond donors (Lipinski definition) is 1. The highest BCUT2D eigenvalue weighted by molar-refractivity contribution is 14.1. The minimum absolute atomic E-state index is 0.132. The molecule has 17 heavy (non-hydrogen) atoms. The minimum atomic E-state index is -0.132. The van der Waals surface area contributed by atoms with Crippen LogP contribution in [0.3, 0.4) is 0 Å². The smallest absolute Gasteiger partial charge is 0.306 e. The van der Waals surface area contributed by atoms with Crippen molar-refractivity contribution in [3.05, 3.63) is 33.5 Å². The summed E-state index contributed by atoms with van der Waals surface area (Å²) in [7, 11) is 0. The van der Waals surface area contributed by atoms with E-state index in [1.54, 1.807) is 0 Å². The van der Waals surface area contributed by atoms with Crippen molar-refractivity contribution in [1.29, 1.82) is 0 Å². The van der Waals surface area contributed by atoms with Crippen molar-refractivity contribution in [1.82, 2.24) is 4.98 Å². The first-order chi connectivity index (χ1) is 8.20. The van der Waals surface area contributed by atoms with Gasteiger partial charge in [0.15, 0.2) is 0 Å². The molecule has 1 heterocycles. The Labute approximate surface area is 114 Å². The van der Waals surface area contributed by atoms with E-state index in [9.17, 15) is 4.79 Å². The SMILES string of the molecule is CCOC(=O)CCc1c[nH]c2ccc(I)cc12. The molecule has 4 heteroatoms. The van der Waals surface area contributed by atoms with E-state index < -0.39 is 0 Å². The molecule has 0 aliphatic carbocycles. The number of carbonyl (C=O) groups excluding carboxylic acids is 1. The van der Waals surface area contributed by atoms with Crippen LogP contribution < -0.4 is 0 Å². The number of aromatic amines is 1. The Bertz CT molecular complexity index is 533. The van der Waals surface area contributed by atoms with Gasteiger partial charge >= 0.3 is 5.97 Å². The van der Waals surface area contributed by atoms with Gasteiger partial charge in [-0.1, -0.05) is 0 Å². The van der Waals surface area contributed by atoms with E-state index in [4.69, 9.17) is 4.74 Å². The topological polar surface area (TPSA) is 42.1 Å². The number of benzene rings is 1. The molecule has 0 unspecified atom stereocenters. The molecule has 0 aliphatic rings. The normalized spacial score (nSPS) is 10.7. The van der Waals surface area contributed by atoms with Crippen LogP contribution in [0.1, 0.15) is 18.9 Å². The van der Waals surface area contributed by atoms with Crippen LogP contribution in [-0.4, -0.2) is 17.6 Å². The van der Waals surface area contributed by atoms with Crippen LogP contribution in [0.15, 0.2) is 24.4 Å². The Morgan fingerprint density at radius 2 is 2.29 bits per heavy atom. The minimum Gasteiger partial charge on any atom is -0.466 e. The number of aromatic nitrogens is 1. The van der Waals surface area contributed by atoms with Crippen LogP contribution in [0.25, 0.3) is 10.9 Å². The average Bonchev–Trinajstić information content (AvgIpc) is 2.69. The fourth-order valence-electron chi connectivity index (χ4n) is 1.83. The third kappa shape index (κ3) is 3.00. The highest BCUT2D eigenvalue weighted by Gasteiger charge is 2.07. The van der Waals surface area contributed by atoms with Crippen LogP contribution in [-0.2, 0) is 16.0 Å². The zero-order valence-corrected chi connectivity index (χ0v) is 11.8. The van der Waals surface area contributed by atoms with Crippen LogP contribution >= 0.6 is 22.6 Å². The summed E-state index contributed by atoms with van der Waals surface area (Å²) in [5, 5.41) is 1.20. The molecule has 2 rings (SSSR count). The van der Waals surface area contributed by atoms with E-state index in [1.165, 1.54) is 14.5 Å². The van der Waals surface area contributed by atoms with Crippen molar-refractivity contribution in [3.63, 3.8) is 0 Å². The maximum atomic E-state index is 11.3. The lowest BCUT2D eigenvalue weighted by Crippen LogP contribution is -2.04. The highest BCUT2D eigenvalue weighted by Crippen LogP contribution is 2.21. The maximum Gasteiger partial charge on any atom is 0.306 e.